The molecular formula is C23H48NO3+. The molecule has 0 aliphatic rings. The SMILES string of the molecule is CCCCCCCCCCCCCCCC[C@@](O)(CC(=O)O)C[N+](C)(C)C. The maximum atomic E-state index is 11.1. The van der Waals surface area contributed by atoms with Crippen LogP contribution in [0.25, 0.3) is 0 Å². The molecule has 0 bridgehead atoms. The number of hydrogen-bond donors (Lipinski definition) is 2. The van der Waals surface area contributed by atoms with Crippen molar-refractivity contribution in [3.63, 3.8) is 0 Å². The van der Waals surface area contributed by atoms with Crippen molar-refractivity contribution in [1.29, 1.82) is 0 Å². The third-order valence-electron chi connectivity index (χ3n) is 5.24. The molecule has 162 valence electrons. The Morgan fingerprint density at radius 2 is 1.11 bits per heavy atom. The van der Waals surface area contributed by atoms with Crippen molar-refractivity contribution in [2.24, 2.45) is 0 Å². The summed E-state index contributed by atoms with van der Waals surface area (Å²) in [7, 11) is 5.99. The first-order chi connectivity index (χ1) is 12.7. The van der Waals surface area contributed by atoms with Crippen molar-refractivity contribution in [2.75, 3.05) is 27.7 Å². The molecule has 0 rings (SSSR count). The molecule has 0 aromatic rings. The van der Waals surface area contributed by atoms with Gasteiger partial charge >= 0.3 is 5.97 Å². The number of unbranched alkanes of at least 4 members (excludes halogenated alkanes) is 13. The number of carboxylic acids is 1. The van der Waals surface area contributed by atoms with Crippen LogP contribution in [0, 0.1) is 0 Å². The quantitative estimate of drug-likeness (QED) is 0.219. The smallest absolute Gasteiger partial charge is 0.306 e. The molecule has 0 aromatic carbocycles. The lowest BCUT2D eigenvalue weighted by molar-refractivity contribution is -0.877. The zero-order chi connectivity index (χ0) is 20.6. The maximum Gasteiger partial charge on any atom is 0.306 e. The molecule has 2 N–H and O–H groups in total. The van der Waals surface area contributed by atoms with E-state index in [1.54, 1.807) is 0 Å². The summed E-state index contributed by atoms with van der Waals surface area (Å²) >= 11 is 0. The summed E-state index contributed by atoms with van der Waals surface area (Å²) in [5, 5.41) is 19.8. The normalized spacial score (nSPS) is 14.3. The number of rotatable bonds is 19. The number of quaternary nitrogens is 1. The van der Waals surface area contributed by atoms with Crippen LogP contribution >= 0.6 is 0 Å². The van der Waals surface area contributed by atoms with E-state index in [1.165, 1.54) is 77.0 Å². The number of carbonyl (C=O) groups is 1. The number of nitrogens with zero attached hydrogens (tertiary/aromatic N) is 1. The van der Waals surface area contributed by atoms with Crippen molar-refractivity contribution in [1.82, 2.24) is 0 Å². The summed E-state index contributed by atoms with van der Waals surface area (Å²) in [6, 6.07) is 0. The summed E-state index contributed by atoms with van der Waals surface area (Å²) in [5.74, 6) is -0.906. The van der Waals surface area contributed by atoms with Gasteiger partial charge in [0.25, 0.3) is 0 Å². The molecule has 0 unspecified atom stereocenters. The summed E-state index contributed by atoms with van der Waals surface area (Å²) in [5.41, 5.74) is -1.08. The molecule has 4 heteroatoms. The number of carboxylic acid groups (broad SMARTS) is 1. The standard InChI is InChI=1S/C23H47NO3/c1-5-6-7-8-9-10-11-12-13-14-15-16-17-18-19-23(27,20-22(25)26)21-24(2,3)4/h27H,5-21H2,1-4H3/p+1/t23-/m1/s1. The summed E-state index contributed by atoms with van der Waals surface area (Å²) in [6.07, 6.45) is 18.7. The van der Waals surface area contributed by atoms with Crippen LogP contribution in [-0.4, -0.2) is 54.0 Å². The lowest BCUT2D eigenvalue weighted by Crippen LogP contribution is -2.50. The van der Waals surface area contributed by atoms with Crippen LogP contribution in [0.15, 0.2) is 0 Å². The fourth-order valence-electron chi connectivity index (χ4n) is 4.04. The molecule has 4 nitrogen and oxygen atoms in total. The van der Waals surface area contributed by atoms with E-state index in [9.17, 15) is 9.90 Å². The van der Waals surface area contributed by atoms with Gasteiger partial charge in [0.15, 0.2) is 0 Å². The van der Waals surface area contributed by atoms with E-state index in [0.29, 0.717) is 17.4 Å². The number of aliphatic carboxylic acids is 1. The molecule has 1 atom stereocenters. The van der Waals surface area contributed by atoms with Gasteiger partial charge in [-0.05, 0) is 6.42 Å². The second-order valence-corrected chi connectivity index (χ2v) is 9.59. The molecule has 0 spiro atoms. The van der Waals surface area contributed by atoms with Crippen molar-refractivity contribution >= 4 is 5.97 Å². The van der Waals surface area contributed by atoms with Crippen LogP contribution in [0.2, 0.25) is 0 Å². The average Bonchev–Trinajstić information content (AvgIpc) is 2.52. The summed E-state index contributed by atoms with van der Waals surface area (Å²) in [6.45, 7) is 2.75. The van der Waals surface area contributed by atoms with Crippen LogP contribution < -0.4 is 0 Å². The minimum atomic E-state index is -1.08. The van der Waals surface area contributed by atoms with Gasteiger partial charge in [0.1, 0.15) is 12.1 Å². The van der Waals surface area contributed by atoms with Gasteiger partial charge in [0.05, 0.1) is 27.6 Å². The van der Waals surface area contributed by atoms with Crippen molar-refractivity contribution < 1.29 is 19.5 Å². The van der Waals surface area contributed by atoms with Crippen LogP contribution in [-0.2, 0) is 4.79 Å². The first-order valence-corrected chi connectivity index (χ1v) is 11.4. The number of likely N-dealkylation sites (N-methyl/N-ethyl adjacent to an activating group) is 1. The van der Waals surface area contributed by atoms with Gasteiger partial charge in [0, 0.05) is 0 Å². The minimum Gasteiger partial charge on any atom is -0.481 e. The van der Waals surface area contributed by atoms with Gasteiger partial charge in [-0.3, -0.25) is 4.79 Å². The molecule has 27 heavy (non-hydrogen) atoms. The highest BCUT2D eigenvalue weighted by Gasteiger charge is 2.35. The number of hydrogen-bond acceptors (Lipinski definition) is 2. The fourth-order valence-corrected chi connectivity index (χ4v) is 4.04. The van der Waals surface area contributed by atoms with Crippen molar-refractivity contribution in [2.45, 2.75) is 115 Å². The van der Waals surface area contributed by atoms with Gasteiger partial charge in [-0.25, -0.2) is 0 Å². The highest BCUT2D eigenvalue weighted by atomic mass is 16.4. The van der Waals surface area contributed by atoms with E-state index >= 15 is 0 Å². The lowest BCUT2D eigenvalue weighted by Gasteiger charge is -2.34. The molecule has 0 saturated heterocycles. The van der Waals surface area contributed by atoms with E-state index in [4.69, 9.17) is 5.11 Å². The molecule has 0 fully saturated rings. The topological polar surface area (TPSA) is 57.5 Å². The average molecular weight is 387 g/mol. The first-order valence-electron chi connectivity index (χ1n) is 11.4. The van der Waals surface area contributed by atoms with E-state index in [1.807, 2.05) is 21.1 Å². The van der Waals surface area contributed by atoms with Gasteiger partial charge in [-0.15, -0.1) is 0 Å². The van der Waals surface area contributed by atoms with Crippen LogP contribution in [0.4, 0.5) is 0 Å². The Balaban J connectivity index is 3.64. The van der Waals surface area contributed by atoms with Crippen molar-refractivity contribution in [3.8, 4) is 0 Å². The van der Waals surface area contributed by atoms with Crippen LogP contribution in [0.5, 0.6) is 0 Å². The second-order valence-electron chi connectivity index (χ2n) is 9.59. The molecule has 0 aliphatic carbocycles. The van der Waals surface area contributed by atoms with E-state index in [-0.39, 0.29) is 6.42 Å². The Morgan fingerprint density at radius 1 is 0.741 bits per heavy atom. The predicted molar refractivity (Wildman–Crippen MR) is 115 cm³/mol. The van der Waals surface area contributed by atoms with E-state index in [2.05, 4.69) is 6.92 Å². The molecule has 0 radical (unpaired) electrons. The Hall–Kier alpha value is -0.610. The monoisotopic (exact) mass is 386 g/mol. The van der Waals surface area contributed by atoms with Crippen LogP contribution in [0.1, 0.15) is 110 Å². The Labute approximate surface area is 168 Å². The number of aliphatic hydroxyl groups is 1. The zero-order valence-electron chi connectivity index (χ0n) is 18.8. The third-order valence-corrected chi connectivity index (χ3v) is 5.24. The van der Waals surface area contributed by atoms with Crippen molar-refractivity contribution in [3.05, 3.63) is 0 Å². The van der Waals surface area contributed by atoms with Gasteiger partial charge < -0.3 is 14.7 Å². The molecule has 0 heterocycles. The molecule has 0 aromatic heterocycles. The Kier molecular flexibility index (Phi) is 15.0. The molecule has 0 saturated carbocycles. The molecule has 0 amide bonds. The minimum absolute atomic E-state index is 0.152. The Bertz CT molecular complexity index is 365. The van der Waals surface area contributed by atoms with E-state index in [0.717, 1.165) is 12.8 Å². The summed E-state index contributed by atoms with van der Waals surface area (Å²) < 4.78 is 0.586. The maximum absolute atomic E-state index is 11.1. The third kappa shape index (κ3) is 18.5. The molecular weight excluding hydrogens is 338 g/mol. The van der Waals surface area contributed by atoms with Gasteiger partial charge in [-0.2, -0.15) is 0 Å². The first kappa shape index (κ1) is 26.4. The summed E-state index contributed by atoms with van der Waals surface area (Å²) in [4.78, 5) is 11.1. The predicted octanol–water partition coefficient (Wildman–Crippen LogP) is 5.77. The fraction of sp³-hybridized carbons (Fsp3) is 0.957. The zero-order valence-corrected chi connectivity index (χ0v) is 18.8. The molecule has 0 aliphatic heterocycles. The highest BCUT2D eigenvalue weighted by molar-refractivity contribution is 5.68. The largest absolute Gasteiger partial charge is 0.481 e. The van der Waals surface area contributed by atoms with E-state index < -0.39 is 11.6 Å². The lowest BCUT2D eigenvalue weighted by atomic mass is 9.91. The van der Waals surface area contributed by atoms with Crippen LogP contribution in [0.3, 0.4) is 0 Å². The Morgan fingerprint density at radius 3 is 1.44 bits per heavy atom. The van der Waals surface area contributed by atoms with Gasteiger partial charge in [0.2, 0.25) is 0 Å². The highest BCUT2D eigenvalue weighted by Crippen LogP contribution is 2.23. The second kappa shape index (κ2) is 15.3. The van der Waals surface area contributed by atoms with Gasteiger partial charge in [-0.1, -0.05) is 96.8 Å².